The summed E-state index contributed by atoms with van der Waals surface area (Å²) in [6.07, 6.45) is 0. The van der Waals surface area contributed by atoms with Crippen molar-refractivity contribution in [1.29, 1.82) is 0 Å². The van der Waals surface area contributed by atoms with E-state index in [9.17, 15) is 0 Å². The minimum Gasteiger partial charge on any atom is -0.0622 e. The van der Waals surface area contributed by atoms with Gasteiger partial charge in [0.05, 0.1) is 5.41 Å². The van der Waals surface area contributed by atoms with Gasteiger partial charge in [0.15, 0.2) is 0 Å². The lowest BCUT2D eigenvalue weighted by atomic mass is 9.65. The first kappa shape index (κ1) is 25.1. The molecule has 0 unspecified atom stereocenters. The van der Waals surface area contributed by atoms with Crippen LogP contribution in [0.4, 0.5) is 0 Å². The lowest BCUT2D eigenvalue weighted by Crippen LogP contribution is -2.29. The molecular weight excluding hydrogens is 716 g/mol. The second-order valence-corrected chi connectivity index (χ2v) is 12.8. The average Bonchev–Trinajstić information content (AvgIpc) is 3.21. The maximum Gasteiger partial charge on any atom is 0.0721 e. The van der Waals surface area contributed by atoms with Crippen molar-refractivity contribution in [2.24, 2.45) is 0 Å². The van der Waals surface area contributed by atoms with E-state index in [4.69, 9.17) is 0 Å². The molecule has 0 atom stereocenters. The number of fused-ring (bicyclic) bond motifs is 1. The third-order valence-electron chi connectivity index (χ3n) is 6.94. The molecule has 1 aliphatic carbocycles. The second-order valence-electron chi connectivity index (χ2n) is 9.09. The SMILES string of the molecule is Brc1cc(Br)cc(C2(c3cc(Br)cc(Br)c3)C(c3ccccc3)=C(c3ccccc3)c3ccccc32)c1. The zero-order chi connectivity index (χ0) is 25.6. The molecule has 0 N–H and O–H groups in total. The molecule has 0 saturated heterocycles. The van der Waals surface area contributed by atoms with E-state index in [0.717, 1.165) is 17.9 Å². The first-order chi connectivity index (χ1) is 18.0. The van der Waals surface area contributed by atoms with Gasteiger partial charge >= 0.3 is 0 Å². The van der Waals surface area contributed by atoms with Crippen molar-refractivity contribution in [1.82, 2.24) is 0 Å². The molecular formula is C33H20Br4. The number of benzene rings is 5. The normalized spacial score (nSPS) is 14.1. The number of hydrogen-bond acceptors (Lipinski definition) is 0. The zero-order valence-corrected chi connectivity index (χ0v) is 25.9. The lowest BCUT2D eigenvalue weighted by Gasteiger charge is -2.37. The minimum absolute atomic E-state index is 0.568. The van der Waals surface area contributed by atoms with Crippen molar-refractivity contribution in [3.63, 3.8) is 0 Å². The predicted octanol–water partition coefficient (Wildman–Crippen LogP) is 11.0. The fourth-order valence-electron chi connectivity index (χ4n) is 5.66. The summed E-state index contributed by atoms with van der Waals surface area (Å²) >= 11 is 15.2. The Morgan fingerprint density at radius 1 is 0.432 bits per heavy atom. The Balaban J connectivity index is 1.88. The zero-order valence-electron chi connectivity index (χ0n) is 19.6. The van der Waals surface area contributed by atoms with Crippen molar-refractivity contribution in [2.75, 3.05) is 0 Å². The first-order valence-electron chi connectivity index (χ1n) is 11.9. The highest BCUT2D eigenvalue weighted by Crippen LogP contribution is 2.60. The van der Waals surface area contributed by atoms with Gasteiger partial charge in [-0.3, -0.25) is 0 Å². The Bertz CT molecular complexity index is 1560. The molecule has 4 heteroatoms. The van der Waals surface area contributed by atoms with E-state index >= 15 is 0 Å². The van der Waals surface area contributed by atoms with Gasteiger partial charge in [0.1, 0.15) is 0 Å². The topological polar surface area (TPSA) is 0 Å². The van der Waals surface area contributed by atoms with E-state index in [1.165, 1.54) is 44.5 Å². The molecule has 0 fully saturated rings. The van der Waals surface area contributed by atoms with E-state index < -0.39 is 5.41 Å². The molecule has 0 amide bonds. The average molecular weight is 736 g/mol. The second kappa shape index (κ2) is 10.1. The molecule has 0 aliphatic heterocycles. The number of allylic oxidation sites excluding steroid dienone is 1. The third kappa shape index (κ3) is 4.32. The van der Waals surface area contributed by atoms with Gasteiger partial charge in [-0.15, -0.1) is 0 Å². The van der Waals surface area contributed by atoms with Crippen LogP contribution in [-0.2, 0) is 5.41 Å². The largest absolute Gasteiger partial charge is 0.0721 e. The monoisotopic (exact) mass is 732 g/mol. The summed E-state index contributed by atoms with van der Waals surface area (Å²) in [6.45, 7) is 0. The molecule has 1 aliphatic rings. The molecule has 0 heterocycles. The Hall–Kier alpha value is -2.24. The Kier molecular flexibility index (Phi) is 6.87. The van der Waals surface area contributed by atoms with Crippen LogP contribution in [0, 0.1) is 0 Å². The number of halogens is 4. The van der Waals surface area contributed by atoms with Gasteiger partial charge in [-0.2, -0.15) is 0 Å². The van der Waals surface area contributed by atoms with Crippen LogP contribution in [0.2, 0.25) is 0 Å². The van der Waals surface area contributed by atoms with Gasteiger partial charge in [-0.1, -0.05) is 149 Å². The molecule has 5 aromatic carbocycles. The summed E-state index contributed by atoms with van der Waals surface area (Å²) in [5.41, 5.74) is 9.27. The van der Waals surface area contributed by atoms with Gasteiger partial charge in [-0.05, 0) is 80.9 Å². The summed E-state index contributed by atoms with van der Waals surface area (Å²) in [5.74, 6) is 0. The highest BCUT2D eigenvalue weighted by molar-refractivity contribution is 9.11. The van der Waals surface area contributed by atoms with Crippen molar-refractivity contribution in [3.8, 4) is 0 Å². The van der Waals surface area contributed by atoms with Crippen LogP contribution in [0.5, 0.6) is 0 Å². The predicted molar refractivity (Wildman–Crippen MR) is 169 cm³/mol. The van der Waals surface area contributed by atoms with Gasteiger partial charge in [0.2, 0.25) is 0 Å². The van der Waals surface area contributed by atoms with Crippen LogP contribution in [0.15, 0.2) is 139 Å². The molecule has 37 heavy (non-hydrogen) atoms. The van der Waals surface area contributed by atoms with Gasteiger partial charge in [0.25, 0.3) is 0 Å². The molecule has 5 aromatic rings. The van der Waals surface area contributed by atoms with Crippen LogP contribution in [-0.4, -0.2) is 0 Å². The molecule has 0 radical (unpaired) electrons. The van der Waals surface area contributed by atoms with Crippen molar-refractivity contribution < 1.29 is 0 Å². The molecule has 0 aromatic heterocycles. The quantitative estimate of drug-likeness (QED) is 0.172. The standard InChI is InChI=1S/C33H20Br4/c34-25-15-23(16-26(35)19-25)33(24-17-27(36)20-28(37)18-24)30-14-8-7-13-29(30)31(21-9-3-1-4-10-21)32(33)22-11-5-2-6-12-22/h1-20H. The van der Waals surface area contributed by atoms with Crippen molar-refractivity contribution in [2.45, 2.75) is 5.41 Å². The Morgan fingerprint density at radius 3 is 1.38 bits per heavy atom. The van der Waals surface area contributed by atoms with Crippen LogP contribution in [0.3, 0.4) is 0 Å². The fourth-order valence-corrected chi connectivity index (χ4v) is 8.25. The van der Waals surface area contributed by atoms with Crippen LogP contribution < -0.4 is 0 Å². The maximum absolute atomic E-state index is 3.80. The highest BCUT2D eigenvalue weighted by Gasteiger charge is 2.49. The summed E-state index contributed by atoms with van der Waals surface area (Å²) in [6, 6.07) is 43.7. The molecule has 0 nitrogen and oxygen atoms in total. The molecule has 180 valence electrons. The van der Waals surface area contributed by atoms with Gasteiger partial charge in [-0.25, -0.2) is 0 Å². The van der Waals surface area contributed by atoms with E-state index in [-0.39, 0.29) is 0 Å². The van der Waals surface area contributed by atoms with Crippen LogP contribution in [0.1, 0.15) is 33.4 Å². The van der Waals surface area contributed by atoms with Gasteiger partial charge in [0, 0.05) is 17.9 Å². The fraction of sp³-hybridized carbons (Fsp3) is 0.0303. The van der Waals surface area contributed by atoms with Crippen molar-refractivity contribution >= 4 is 74.9 Å². The van der Waals surface area contributed by atoms with Crippen molar-refractivity contribution in [3.05, 3.63) is 173 Å². The van der Waals surface area contributed by atoms with E-state index in [2.05, 4.69) is 185 Å². The first-order valence-corrected chi connectivity index (χ1v) is 15.0. The molecule has 6 rings (SSSR count). The third-order valence-corrected chi connectivity index (χ3v) is 8.77. The Labute approximate surface area is 251 Å². The van der Waals surface area contributed by atoms with E-state index in [1.807, 2.05) is 0 Å². The van der Waals surface area contributed by atoms with Crippen LogP contribution in [0.25, 0.3) is 11.1 Å². The number of hydrogen-bond donors (Lipinski definition) is 0. The summed E-state index contributed by atoms with van der Waals surface area (Å²) < 4.78 is 4.12. The smallest absolute Gasteiger partial charge is 0.0622 e. The lowest BCUT2D eigenvalue weighted by molar-refractivity contribution is 0.810. The Morgan fingerprint density at radius 2 is 0.865 bits per heavy atom. The minimum atomic E-state index is -0.568. The van der Waals surface area contributed by atoms with Gasteiger partial charge < -0.3 is 0 Å². The molecule has 0 spiro atoms. The maximum atomic E-state index is 3.80. The molecule has 0 bridgehead atoms. The summed E-state index contributed by atoms with van der Waals surface area (Å²) in [5, 5.41) is 0. The summed E-state index contributed by atoms with van der Waals surface area (Å²) in [4.78, 5) is 0. The summed E-state index contributed by atoms with van der Waals surface area (Å²) in [7, 11) is 0. The van der Waals surface area contributed by atoms with Crippen LogP contribution >= 0.6 is 63.7 Å². The highest BCUT2D eigenvalue weighted by atomic mass is 79.9. The molecule has 0 saturated carbocycles. The number of rotatable bonds is 4. The van der Waals surface area contributed by atoms with E-state index in [1.54, 1.807) is 0 Å². The van der Waals surface area contributed by atoms with E-state index in [0.29, 0.717) is 0 Å².